The van der Waals surface area contributed by atoms with E-state index in [4.69, 9.17) is 5.73 Å². The number of likely N-dealkylation sites (N-methyl/N-ethyl adjacent to an activating group) is 1. The van der Waals surface area contributed by atoms with Crippen molar-refractivity contribution in [2.24, 2.45) is 11.7 Å². The summed E-state index contributed by atoms with van der Waals surface area (Å²) in [6, 6.07) is 7.97. The first-order chi connectivity index (χ1) is 11.4. The fourth-order valence-corrected chi connectivity index (χ4v) is 2.17. The minimum Gasteiger partial charge on any atom is -0.344 e. The Kier molecular flexibility index (Phi) is 7.99. The molecule has 7 nitrogen and oxygen atoms in total. The first-order valence-corrected chi connectivity index (χ1v) is 8.21. The lowest BCUT2D eigenvalue weighted by atomic mass is 10.0. The fraction of sp³-hybridized carbons (Fsp3) is 0.529. The van der Waals surface area contributed by atoms with Crippen molar-refractivity contribution in [3.05, 3.63) is 29.8 Å². The van der Waals surface area contributed by atoms with Gasteiger partial charge in [0.05, 0.1) is 0 Å². The molecule has 1 heterocycles. The zero-order valence-corrected chi connectivity index (χ0v) is 16.0. The van der Waals surface area contributed by atoms with E-state index in [1.54, 1.807) is 11.9 Å². The van der Waals surface area contributed by atoms with Crippen LogP contribution in [0.5, 0.6) is 0 Å². The van der Waals surface area contributed by atoms with Gasteiger partial charge in [0.15, 0.2) is 0 Å². The van der Waals surface area contributed by atoms with Crippen LogP contribution in [0.1, 0.15) is 25.8 Å². The van der Waals surface area contributed by atoms with E-state index in [1.807, 2.05) is 31.2 Å². The van der Waals surface area contributed by atoms with Crippen LogP contribution in [0.2, 0.25) is 0 Å². The Morgan fingerprint density at radius 3 is 2.52 bits per heavy atom. The molecule has 0 saturated carbocycles. The SMILES string of the molecule is Cc1ccc(-c2nnn(CC(=O)N(C)CCC(N)C(C)C)n2)cc1.Cl. The third-order valence-corrected chi connectivity index (χ3v) is 4.12. The van der Waals surface area contributed by atoms with Crippen molar-refractivity contribution < 1.29 is 4.79 Å². The van der Waals surface area contributed by atoms with E-state index >= 15 is 0 Å². The first-order valence-electron chi connectivity index (χ1n) is 8.21. The molecule has 0 saturated heterocycles. The van der Waals surface area contributed by atoms with E-state index in [9.17, 15) is 4.79 Å². The minimum absolute atomic E-state index is 0. The van der Waals surface area contributed by atoms with Gasteiger partial charge in [0.2, 0.25) is 11.7 Å². The molecule has 0 aliphatic carbocycles. The van der Waals surface area contributed by atoms with Gasteiger partial charge in [-0.25, -0.2) is 0 Å². The third-order valence-electron chi connectivity index (χ3n) is 4.12. The maximum Gasteiger partial charge on any atom is 0.245 e. The molecule has 0 radical (unpaired) electrons. The van der Waals surface area contributed by atoms with E-state index in [-0.39, 0.29) is 30.9 Å². The van der Waals surface area contributed by atoms with Crippen LogP contribution < -0.4 is 5.73 Å². The molecule has 1 amide bonds. The largest absolute Gasteiger partial charge is 0.344 e. The van der Waals surface area contributed by atoms with Crippen LogP contribution >= 0.6 is 12.4 Å². The number of aromatic nitrogens is 4. The number of aryl methyl sites for hydroxylation is 1. The molecule has 1 unspecified atom stereocenters. The monoisotopic (exact) mass is 366 g/mol. The van der Waals surface area contributed by atoms with E-state index in [1.165, 1.54) is 10.4 Å². The molecule has 25 heavy (non-hydrogen) atoms. The number of nitrogens with zero attached hydrogens (tertiary/aromatic N) is 5. The Hall–Kier alpha value is -1.99. The van der Waals surface area contributed by atoms with Crippen LogP contribution in [-0.4, -0.2) is 50.6 Å². The molecule has 0 spiro atoms. The number of tetrazole rings is 1. The molecule has 0 aliphatic heterocycles. The zero-order valence-electron chi connectivity index (χ0n) is 15.2. The molecule has 2 N–H and O–H groups in total. The average Bonchev–Trinajstić information content (AvgIpc) is 3.01. The van der Waals surface area contributed by atoms with Crippen molar-refractivity contribution in [3.8, 4) is 11.4 Å². The molecule has 1 aromatic carbocycles. The van der Waals surface area contributed by atoms with Crippen LogP contribution in [0.15, 0.2) is 24.3 Å². The molecule has 0 aliphatic rings. The number of rotatable bonds is 7. The Morgan fingerprint density at radius 1 is 1.28 bits per heavy atom. The number of hydrogen-bond acceptors (Lipinski definition) is 5. The summed E-state index contributed by atoms with van der Waals surface area (Å²) in [6.45, 7) is 6.88. The molecule has 2 rings (SSSR count). The summed E-state index contributed by atoms with van der Waals surface area (Å²) in [5.41, 5.74) is 8.07. The number of carbonyl (C=O) groups excluding carboxylic acids is 1. The summed E-state index contributed by atoms with van der Waals surface area (Å²) in [6.07, 6.45) is 0.777. The molecule has 1 aromatic heterocycles. The van der Waals surface area contributed by atoms with Crippen molar-refractivity contribution in [2.75, 3.05) is 13.6 Å². The standard InChI is InChI=1S/C17H26N6O.ClH/c1-12(2)15(18)9-10-22(4)16(24)11-23-20-17(19-21-23)14-7-5-13(3)6-8-14;/h5-8,12,15H,9-11,18H2,1-4H3;1H. The van der Waals surface area contributed by atoms with E-state index in [2.05, 4.69) is 29.3 Å². The van der Waals surface area contributed by atoms with Gasteiger partial charge in [-0.15, -0.1) is 22.6 Å². The number of carbonyl (C=O) groups is 1. The van der Waals surface area contributed by atoms with E-state index < -0.39 is 0 Å². The average molecular weight is 367 g/mol. The predicted octanol–water partition coefficient (Wildman–Crippen LogP) is 1.90. The second-order valence-corrected chi connectivity index (χ2v) is 6.52. The van der Waals surface area contributed by atoms with Gasteiger partial charge >= 0.3 is 0 Å². The Balaban J connectivity index is 0.00000312. The smallest absolute Gasteiger partial charge is 0.245 e. The topological polar surface area (TPSA) is 89.9 Å². The van der Waals surface area contributed by atoms with Gasteiger partial charge in [0.1, 0.15) is 6.54 Å². The summed E-state index contributed by atoms with van der Waals surface area (Å²) in [5, 5.41) is 12.3. The maximum absolute atomic E-state index is 12.2. The Bertz CT molecular complexity index is 670. The number of amides is 1. The van der Waals surface area contributed by atoms with Gasteiger partial charge in [-0.05, 0) is 24.5 Å². The summed E-state index contributed by atoms with van der Waals surface area (Å²) < 4.78 is 0. The van der Waals surface area contributed by atoms with Gasteiger partial charge in [-0.3, -0.25) is 4.79 Å². The van der Waals surface area contributed by atoms with Crippen molar-refractivity contribution in [1.82, 2.24) is 25.1 Å². The lowest BCUT2D eigenvalue weighted by molar-refractivity contribution is -0.131. The lowest BCUT2D eigenvalue weighted by Crippen LogP contribution is -2.36. The summed E-state index contributed by atoms with van der Waals surface area (Å²) in [5.74, 6) is 0.869. The third kappa shape index (κ3) is 6.10. The molecule has 138 valence electrons. The maximum atomic E-state index is 12.2. The predicted molar refractivity (Wildman–Crippen MR) is 100 cm³/mol. The highest BCUT2D eigenvalue weighted by atomic mass is 35.5. The molecular formula is C17H27ClN6O. The number of benzene rings is 1. The van der Waals surface area contributed by atoms with Crippen LogP contribution in [0, 0.1) is 12.8 Å². The number of halogens is 1. The molecule has 1 atom stereocenters. The normalized spacial score (nSPS) is 11.9. The van der Waals surface area contributed by atoms with E-state index in [0.29, 0.717) is 18.3 Å². The van der Waals surface area contributed by atoms with Crippen molar-refractivity contribution in [3.63, 3.8) is 0 Å². The van der Waals surface area contributed by atoms with Crippen LogP contribution in [0.4, 0.5) is 0 Å². The Morgan fingerprint density at radius 2 is 1.92 bits per heavy atom. The minimum atomic E-state index is -0.0567. The highest BCUT2D eigenvalue weighted by molar-refractivity contribution is 5.85. The van der Waals surface area contributed by atoms with Gasteiger partial charge in [0.25, 0.3) is 0 Å². The van der Waals surface area contributed by atoms with Gasteiger partial charge in [-0.1, -0.05) is 43.7 Å². The van der Waals surface area contributed by atoms with Gasteiger partial charge in [-0.2, -0.15) is 4.80 Å². The molecular weight excluding hydrogens is 340 g/mol. The van der Waals surface area contributed by atoms with Crippen LogP contribution in [0.3, 0.4) is 0 Å². The highest BCUT2D eigenvalue weighted by Gasteiger charge is 2.15. The second-order valence-electron chi connectivity index (χ2n) is 6.52. The van der Waals surface area contributed by atoms with Crippen molar-refractivity contribution in [1.29, 1.82) is 0 Å². The first kappa shape index (κ1) is 21.1. The van der Waals surface area contributed by atoms with Gasteiger partial charge < -0.3 is 10.6 Å². The van der Waals surface area contributed by atoms with Crippen molar-refractivity contribution in [2.45, 2.75) is 39.8 Å². The zero-order chi connectivity index (χ0) is 17.7. The summed E-state index contributed by atoms with van der Waals surface area (Å²) >= 11 is 0. The van der Waals surface area contributed by atoms with Crippen molar-refractivity contribution >= 4 is 18.3 Å². The molecule has 8 heteroatoms. The van der Waals surface area contributed by atoms with Crippen LogP contribution in [-0.2, 0) is 11.3 Å². The number of hydrogen-bond donors (Lipinski definition) is 1. The molecule has 2 aromatic rings. The van der Waals surface area contributed by atoms with Gasteiger partial charge in [0, 0.05) is 25.2 Å². The highest BCUT2D eigenvalue weighted by Crippen LogP contribution is 2.13. The molecule has 0 fully saturated rings. The quantitative estimate of drug-likeness (QED) is 0.808. The molecule has 0 bridgehead atoms. The summed E-state index contributed by atoms with van der Waals surface area (Å²) in [4.78, 5) is 15.2. The Labute approximate surface area is 155 Å². The lowest BCUT2D eigenvalue weighted by Gasteiger charge is -2.21. The summed E-state index contributed by atoms with van der Waals surface area (Å²) in [7, 11) is 1.77. The fourth-order valence-electron chi connectivity index (χ4n) is 2.17. The van der Waals surface area contributed by atoms with E-state index in [0.717, 1.165) is 12.0 Å². The van der Waals surface area contributed by atoms with Crippen LogP contribution in [0.25, 0.3) is 11.4 Å². The number of nitrogens with two attached hydrogens (primary N) is 1. The second kappa shape index (κ2) is 9.48.